The minimum atomic E-state index is 0.104. The van der Waals surface area contributed by atoms with Crippen LogP contribution >= 0.6 is 24.4 Å². The smallest absolute Gasteiger partial charge is 0.192 e. The molecule has 0 bridgehead atoms. The highest BCUT2D eigenvalue weighted by molar-refractivity contribution is 7.80. The van der Waals surface area contributed by atoms with E-state index in [4.69, 9.17) is 34.9 Å². The summed E-state index contributed by atoms with van der Waals surface area (Å²) in [4.78, 5) is 0. The van der Waals surface area contributed by atoms with Crippen LogP contribution in [0.1, 0.15) is 5.56 Å². The van der Waals surface area contributed by atoms with E-state index in [-0.39, 0.29) is 10.9 Å². The number of benzene rings is 2. The normalized spacial score (nSPS) is 9.88. The molecule has 0 saturated heterocycles. The van der Waals surface area contributed by atoms with Gasteiger partial charge in [0.2, 0.25) is 0 Å². The molecule has 8 heteroatoms. The summed E-state index contributed by atoms with van der Waals surface area (Å²) in [6.07, 6.45) is 0. The molecule has 0 unspecified atom stereocenters. The second kappa shape index (κ2) is 8.32. The number of nitrogens with two attached hydrogens (primary N) is 1. The summed E-state index contributed by atoms with van der Waals surface area (Å²) in [5.74, 6) is 0.932. The number of nitrogens with one attached hydrogen (secondary N) is 2. The number of hydrogen-bond acceptors (Lipinski definition) is 4. The molecule has 24 heavy (non-hydrogen) atoms. The Morgan fingerprint density at radius 2 is 1.92 bits per heavy atom. The lowest BCUT2D eigenvalue weighted by Crippen LogP contribution is -2.49. The first-order valence-corrected chi connectivity index (χ1v) is 7.86. The third-order valence-corrected chi connectivity index (χ3v) is 3.50. The number of thiocarbonyl (C=S) groups is 2. The molecule has 6 nitrogen and oxygen atoms in total. The number of rotatable bonds is 4. The van der Waals surface area contributed by atoms with Crippen LogP contribution in [0.15, 0.2) is 48.5 Å². The predicted octanol–water partition coefficient (Wildman–Crippen LogP) is 2.35. The molecule has 0 saturated carbocycles. The van der Waals surface area contributed by atoms with Gasteiger partial charge in [-0.25, -0.2) is 0 Å². The first kappa shape index (κ1) is 17.8. The molecule has 0 aliphatic rings. The van der Waals surface area contributed by atoms with Crippen LogP contribution in [0.3, 0.4) is 0 Å². The average Bonchev–Trinajstić information content (AvgIpc) is 2.56. The van der Waals surface area contributed by atoms with E-state index in [1.165, 1.54) is 0 Å². The van der Waals surface area contributed by atoms with Crippen LogP contribution in [0.25, 0.3) is 0 Å². The van der Waals surface area contributed by atoms with Crippen molar-refractivity contribution in [3.05, 3.63) is 54.1 Å². The monoisotopic (exact) mass is 362 g/mol. The Kier molecular flexibility index (Phi) is 6.16. The van der Waals surface area contributed by atoms with E-state index in [1.54, 1.807) is 36.4 Å². The van der Waals surface area contributed by atoms with Gasteiger partial charge >= 0.3 is 0 Å². The van der Waals surface area contributed by atoms with E-state index in [9.17, 15) is 5.11 Å². The van der Waals surface area contributed by atoms with Gasteiger partial charge in [-0.05, 0) is 66.4 Å². The van der Waals surface area contributed by atoms with Gasteiger partial charge in [0.15, 0.2) is 10.2 Å². The molecule has 0 heterocycles. The van der Waals surface area contributed by atoms with Crippen molar-refractivity contribution in [1.82, 2.24) is 10.4 Å². The Bertz CT molecular complexity index is 722. The molecule has 5 N–H and O–H groups in total. The summed E-state index contributed by atoms with van der Waals surface area (Å²) < 4.78 is 5.22. The lowest BCUT2D eigenvalue weighted by molar-refractivity contribution is 0.373. The van der Waals surface area contributed by atoms with Crippen LogP contribution in [0.4, 0.5) is 5.69 Å². The van der Waals surface area contributed by atoms with E-state index in [1.807, 2.05) is 24.3 Å². The highest BCUT2D eigenvalue weighted by atomic mass is 32.1. The number of phenols is 1. The average molecular weight is 362 g/mol. The Morgan fingerprint density at radius 3 is 2.54 bits per heavy atom. The Balaban J connectivity index is 2.12. The van der Waals surface area contributed by atoms with Gasteiger partial charge in [0, 0.05) is 5.69 Å². The lowest BCUT2D eigenvalue weighted by Gasteiger charge is -2.26. The fourth-order valence-corrected chi connectivity index (χ4v) is 2.32. The molecule has 0 aromatic heterocycles. The molecule has 0 amide bonds. The summed E-state index contributed by atoms with van der Waals surface area (Å²) in [6.45, 7) is 0.429. The minimum Gasteiger partial charge on any atom is -0.508 e. The molecule has 2 aromatic rings. The SMILES string of the molecule is COc1cccc(CN(NC(N)=S)C(=S)Nc2ccc(O)cc2)c1. The van der Waals surface area contributed by atoms with Crippen LogP contribution in [-0.4, -0.2) is 27.5 Å². The van der Waals surface area contributed by atoms with Crippen LogP contribution in [0.2, 0.25) is 0 Å². The molecule has 0 aliphatic heterocycles. The molecule has 0 radical (unpaired) electrons. The third kappa shape index (κ3) is 5.25. The Hall–Kier alpha value is -2.58. The van der Waals surface area contributed by atoms with Gasteiger partial charge in [0.1, 0.15) is 11.5 Å². The van der Waals surface area contributed by atoms with Crippen molar-refractivity contribution in [1.29, 1.82) is 0 Å². The zero-order valence-electron chi connectivity index (χ0n) is 13.0. The first-order valence-electron chi connectivity index (χ1n) is 7.04. The lowest BCUT2D eigenvalue weighted by atomic mass is 10.2. The molecule has 2 aromatic carbocycles. The highest BCUT2D eigenvalue weighted by Crippen LogP contribution is 2.16. The van der Waals surface area contributed by atoms with Crippen LogP contribution in [-0.2, 0) is 6.54 Å². The zero-order chi connectivity index (χ0) is 17.5. The summed E-state index contributed by atoms with van der Waals surface area (Å²) >= 11 is 10.3. The molecule has 0 atom stereocenters. The summed E-state index contributed by atoms with van der Waals surface area (Å²) in [7, 11) is 1.61. The predicted molar refractivity (Wildman–Crippen MR) is 103 cm³/mol. The van der Waals surface area contributed by atoms with Gasteiger partial charge in [0.05, 0.1) is 13.7 Å². The summed E-state index contributed by atoms with van der Waals surface area (Å²) in [5, 5.41) is 14.5. The van der Waals surface area contributed by atoms with Crippen LogP contribution in [0.5, 0.6) is 11.5 Å². The van der Waals surface area contributed by atoms with Crippen LogP contribution < -0.4 is 21.2 Å². The molecule has 0 fully saturated rings. The van der Waals surface area contributed by atoms with E-state index in [2.05, 4.69) is 10.7 Å². The quantitative estimate of drug-likeness (QED) is 0.375. The first-order chi connectivity index (χ1) is 11.5. The number of phenolic OH excluding ortho intramolecular Hbond substituents is 1. The fourth-order valence-electron chi connectivity index (χ4n) is 1.98. The Labute approximate surface area is 151 Å². The molecule has 126 valence electrons. The van der Waals surface area contributed by atoms with Gasteiger partial charge in [-0.15, -0.1) is 0 Å². The van der Waals surface area contributed by atoms with Gasteiger partial charge in [-0.2, -0.15) is 0 Å². The maximum absolute atomic E-state index is 9.33. The fraction of sp³-hybridized carbons (Fsp3) is 0.125. The summed E-state index contributed by atoms with van der Waals surface area (Å²) in [5.41, 5.74) is 10.1. The number of hydrazine groups is 1. The molecular formula is C16H18N4O2S2. The second-order valence-electron chi connectivity index (χ2n) is 4.89. The standard InChI is InChI=1S/C16H18N4O2S2/c1-22-14-4-2-3-11(9-14)10-20(19-15(17)23)16(24)18-12-5-7-13(21)8-6-12/h2-9,21H,10H2,1H3,(H,18,24)(H3,17,19,23). The van der Waals surface area contributed by atoms with Crippen molar-refractivity contribution in [2.75, 3.05) is 12.4 Å². The minimum absolute atomic E-state index is 0.104. The topological polar surface area (TPSA) is 82.8 Å². The molecule has 0 aliphatic carbocycles. The number of hydrogen-bond donors (Lipinski definition) is 4. The molecule has 0 spiro atoms. The Morgan fingerprint density at radius 1 is 1.21 bits per heavy atom. The molecular weight excluding hydrogens is 344 g/mol. The number of ether oxygens (including phenoxy) is 1. The van der Waals surface area contributed by atoms with E-state index >= 15 is 0 Å². The number of nitrogens with zero attached hydrogens (tertiary/aromatic N) is 1. The number of anilines is 1. The molecule has 2 rings (SSSR count). The van der Waals surface area contributed by atoms with Crippen molar-refractivity contribution in [3.8, 4) is 11.5 Å². The van der Waals surface area contributed by atoms with Crippen LogP contribution in [0, 0.1) is 0 Å². The zero-order valence-corrected chi connectivity index (χ0v) is 14.7. The summed E-state index contributed by atoms with van der Waals surface area (Å²) in [6, 6.07) is 14.2. The second-order valence-corrected chi connectivity index (χ2v) is 5.72. The van der Waals surface area contributed by atoms with Crippen molar-refractivity contribution in [2.45, 2.75) is 6.54 Å². The highest BCUT2D eigenvalue weighted by Gasteiger charge is 2.12. The number of aromatic hydroxyl groups is 1. The van der Waals surface area contributed by atoms with E-state index in [0.29, 0.717) is 11.7 Å². The van der Waals surface area contributed by atoms with E-state index in [0.717, 1.165) is 17.0 Å². The van der Waals surface area contributed by atoms with Crippen molar-refractivity contribution in [2.24, 2.45) is 5.73 Å². The van der Waals surface area contributed by atoms with Crippen molar-refractivity contribution >= 4 is 40.3 Å². The van der Waals surface area contributed by atoms with Crippen molar-refractivity contribution < 1.29 is 9.84 Å². The van der Waals surface area contributed by atoms with Gasteiger partial charge in [-0.3, -0.25) is 10.4 Å². The maximum atomic E-state index is 9.33. The maximum Gasteiger partial charge on any atom is 0.192 e. The third-order valence-electron chi connectivity index (χ3n) is 3.08. The van der Waals surface area contributed by atoms with Gasteiger partial charge < -0.3 is 20.9 Å². The van der Waals surface area contributed by atoms with Gasteiger partial charge in [0.25, 0.3) is 0 Å². The van der Waals surface area contributed by atoms with E-state index < -0.39 is 0 Å². The van der Waals surface area contributed by atoms with Crippen molar-refractivity contribution in [3.63, 3.8) is 0 Å². The number of methoxy groups -OCH3 is 1. The largest absolute Gasteiger partial charge is 0.508 e. The van der Waals surface area contributed by atoms with Gasteiger partial charge in [-0.1, -0.05) is 12.1 Å².